The SMILES string of the molecule is C=C(C)CNC(N)=NCc1cc(-c2ccccc2)on1. The lowest BCUT2D eigenvalue weighted by molar-refractivity contribution is 0.424. The molecule has 0 amide bonds. The summed E-state index contributed by atoms with van der Waals surface area (Å²) in [6, 6.07) is 11.7. The van der Waals surface area contributed by atoms with E-state index in [1.807, 2.05) is 43.3 Å². The van der Waals surface area contributed by atoms with Crippen molar-refractivity contribution in [3.8, 4) is 11.3 Å². The molecule has 1 aromatic heterocycles. The molecule has 0 saturated heterocycles. The minimum atomic E-state index is 0.372. The second kappa shape index (κ2) is 6.56. The van der Waals surface area contributed by atoms with Gasteiger partial charge in [0.15, 0.2) is 11.7 Å². The zero-order valence-corrected chi connectivity index (χ0v) is 11.5. The van der Waals surface area contributed by atoms with Crippen molar-refractivity contribution in [3.63, 3.8) is 0 Å². The average Bonchev–Trinajstić information content (AvgIpc) is 2.93. The topological polar surface area (TPSA) is 76.4 Å². The number of guanidine groups is 1. The number of nitrogens with one attached hydrogen (secondary N) is 1. The van der Waals surface area contributed by atoms with Crippen LogP contribution in [0.4, 0.5) is 0 Å². The van der Waals surface area contributed by atoms with Gasteiger partial charge in [-0.3, -0.25) is 0 Å². The van der Waals surface area contributed by atoms with E-state index in [0.29, 0.717) is 19.0 Å². The Morgan fingerprint density at radius 2 is 2.15 bits per heavy atom. The smallest absolute Gasteiger partial charge is 0.189 e. The Balaban J connectivity index is 1.96. The van der Waals surface area contributed by atoms with Crippen molar-refractivity contribution < 1.29 is 4.52 Å². The first-order valence-corrected chi connectivity index (χ1v) is 6.34. The quantitative estimate of drug-likeness (QED) is 0.496. The van der Waals surface area contributed by atoms with Gasteiger partial charge in [-0.1, -0.05) is 47.6 Å². The summed E-state index contributed by atoms with van der Waals surface area (Å²) in [6.07, 6.45) is 0. The van der Waals surface area contributed by atoms with Crippen LogP contribution in [-0.4, -0.2) is 17.7 Å². The van der Waals surface area contributed by atoms with Crippen LogP contribution in [0.3, 0.4) is 0 Å². The van der Waals surface area contributed by atoms with E-state index in [9.17, 15) is 0 Å². The molecule has 0 bridgehead atoms. The maximum absolute atomic E-state index is 5.73. The van der Waals surface area contributed by atoms with E-state index in [-0.39, 0.29) is 0 Å². The van der Waals surface area contributed by atoms with E-state index < -0.39 is 0 Å². The van der Waals surface area contributed by atoms with Crippen LogP contribution in [0.5, 0.6) is 0 Å². The van der Waals surface area contributed by atoms with Gasteiger partial charge in [0.1, 0.15) is 5.69 Å². The van der Waals surface area contributed by atoms with Crippen LogP contribution in [0.2, 0.25) is 0 Å². The number of rotatable bonds is 5. The van der Waals surface area contributed by atoms with Crippen LogP contribution in [0.15, 0.2) is 58.1 Å². The van der Waals surface area contributed by atoms with Crippen molar-refractivity contribution in [2.75, 3.05) is 6.54 Å². The zero-order valence-electron chi connectivity index (χ0n) is 11.5. The summed E-state index contributed by atoms with van der Waals surface area (Å²) in [5.41, 5.74) is 8.45. The van der Waals surface area contributed by atoms with Gasteiger partial charge in [0.25, 0.3) is 0 Å². The maximum atomic E-state index is 5.73. The molecule has 2 rings (SSSR count). The number of aliphatic imine (C=N–C) groups is 1. The van der Waals surface area contributed by atoms with Crippen molar-refractivity contribution in [2.24, 2.45) is 10.7 Å². The number of hydrogen-bond donors (Lipinski definition) is 2. The molecular formula is C15H18N4O. The van der Waals surface area contributed by atoms with Gasteiger partial charge < -0.3 is 15.6 Å². The monoisotopic (exact) mass is 270 g/mol. The second-order valence-electron chi connectivity index (χ2n) is 4.56. The molecule has 1 aromatic carbocycles. The molecule has 104 valence electrons. The van der Waals surface area contributed by atoms with Crippen LogP contribution in [-0.2, 0) is 6.54 Å². The first-order chi connectivity index (χ1) is 9.65. The molecule has 0 unspecified atom stereocenters. The predicted octanol–water partition coefficient (Wildman–Crippen LogP) is 2.32. The molecule has 0 saturated carbocycles. The molecule has 0 radical (unpaired) electrons. The van der Waals surface area contributed by atoms with E-state index in [0.717, 1.165) is 22.6 Å². The number of nitrogens with two attached hydrogens (primary N) is 1. The van der Waals surface area contributed by atoms with E-state index in [2.05, 4.69) is 22.0 Å². The summed E-state index contributed by atoms with van der Waals surface area (Å²) < 4.78 is 5.29. The fourth-order valence-corrected chi connectivity index (χ4v) is 1.59. The summed E-state index contributed by atoms with van der Waals surface area (Å²) in [5, 5.41) is 6.94. The lowest BCUT2D eigenvalue weighted by Crippen LogP contribution is -2.32. The highest BCUT2D eigenvalue weighted by molar-refractivity contribution is 5.78. The van der Waals surface area contributed by atoms with Crippen LogP contribution < -0.4 is 11.1 Å². The highest BCUT2D eigenvalue weighted by atomic mass is 16.5. The Morgan fingerprint density at radius 3 is 2.85 bits per heavy atom. The molecule has 0 fully saturated rings. The highest BCUT2D eigenvalue weighted by Crippen LogP contribution is 2.19. The summed E-state index contributed by atoms with van der Waals surface area (Å²) in [4.78, 5) is 4.19. The molecule has 5 heteroatoms. The Hall–Kier alpha value is -2.56. The summed E-state index contributed by atoms with van der Waals surface area (Å²) in [6.45, 7) is 6.70. The molecule has 20 heavy (non-hydrogen) atoms. The third-order valence-electron chi connectivity index (χ3n) is 2.60. The van der Waals surface area contributed by atoms with E-state index in [1.165, 1.54) is 0 Å². The van der Waals surface area contributed by atoms with Crippen molar-refractivity contribution >= 4 is 5.96 Å². The Bertz CT molecular complexity index is 601. The number of benzene rings is 1. The van der Waals surface area contributed by atoms with E-state index in [4.69, 9.17) is 10.3 Å². The normalized spacial score (nSPS) is 11.3. The highest BCUT2D eigenvalue weighted by Gasteiger charge is 2.05. The van der Waals surface area contributed by atoms with Crippen LogP contribution >= 0.6 is 0 Å². The zero-order chi connectivity index (χ0) is 14.4. The van der Waals surface area contributed by atoms with Gasteiger partial charge in [-0.15, -0.1) is 0 Å². The molecule has 0 aliphatic heterocycles. The standard InChI is InChI=1S/C15H18N4O/c1-11(2)9-17-15(16)18-10-13-8-14(20-19-13)12-6-4-3-5-7-12/h3-8H,1,9-10H2,2H3,(H3,16,17,18). The average molecular weight is 270 g/mol. The van der Waals surface area contributed by atoms with Crippen molar-refractivity contribution in [2.45, 2.75) is 13.5 Å². The molecule has 2 aromatic rings. The predicted molar refractivity (Wildman–Crippen MR) is 80.1 cm³/mol. The molecular weight excluding hydrogens is 252 g/mol. The molecule has 1 heterocycles. The number of nitrogens with zero attached hydrogens (tertiary/aromatic N) is 2. The lowest BCUT2D eigenvalue weighted by Gasteiger charge is -2.03. The Morgan fingerprint density at radius 1 is 1.40 bits per heavy atom. The molecule has 0 atom stereocenters. The Labute approximate surface area is 118 Å². The van der Waals surface area contributed by atoms with Crippen molar-refractivity contribution in [1.29, 1.82) is 0 Å². The van der Waals surface area contributed by atoms with Gasteiger partial charge in [-0.25, -0.2) is 4.99 Å². The van der Waals surface area contributed by atoms with Gasteiger partial charge in [0.05, 0.1) is 6.54 Å². The Kier molecular flexibility index (Phi) is 4.55. The van der Waals surface area contributed by atoms with Crippen LogP contribution in [0, 0.1) is 0 Å². The summed E-state index contributed by atoms with van der Waals surface area (Å²) in [7, 11) is 0. The molecule has 0 spiro atoms. The fraction of sp³-hybridized carbons (Fsp3) is 0.200. The largest absolute Gasteiger partial charge is 0.370 e. The third kappa shape index (κ3) is 3.98. The third-order valence-corrected chi connectivity index (χ3v) is 2.60. The first kappa shape index (κ1) is 13.9. The second-order valence-corrected chi connectivity index (χ2v) is 4.56. The van der Waals surface area contributed by atoms with E-state index >= 15 is 0 Å². The molecule has 0 aliphatic rings. The molecule has 0 aliphatic carbocycles. The van der Waals surface area contributed by atoms with Crippen molar-refractivity contribution in [1.82, 2.24) is 10.5 Å². The number of hydrogen-bond acceptors (Lipinski definition) is 3. The van der Waals surface area contributed by atoms with Crippen molar-refractivity contribution in [3.05, 3.63) is 54.2 Å². The fourth-order valence-electron chi connectivity index (χ4n) is 1.59. The van der Waals surface area contributed by atoms with Gasteiger partial charge in [-0.2, -0.15) is 0 Å². The molecule has 5 nitrogen and oxygen atoms in total. The summed E-state index contributed by atoms with van der Waals surface area (Å²) >= 11 is 0. The lowest BCUT2D eigenvalue weighted by atomic mass is 10.2. The minimum absolute atomic E-state index is 0.372. The van der Waals surface area contributed by atoms with Crippen LogP contribution in [0.25, 0.3) is 11.3 Å². The van der Waals surface area contributed by atoms with Crippen LogP contribution in [0.1, 0.15) is 12.6 Å². The first-order valence-electron chi connectivity index (χ1n) is 6.34. The van der Waals surface area contributed by atoms with Gasteiger partial charge in [-0.05, 0) is 6.92 Å². The van der Waals surface area contributed by atoms with E-state index in [1.54, 1.807) is 0 Å². The molecule has 3 N–H and O–H groups in total. The van der Waals surface area contributed by atoms with Gasteiger partial charge in [0.2, 0.25) is 0 Å². The number of aromatic nitrogens is 1. The van der Waals surface area contributed by atoms with Gasteiger partial charge in [0, 0.05) is 18.2 Å². The minimum Gasteiger partial charge on any atom is -0.370 e. The maximum Gasteiger partial charge on any atom is 0.189 e. The summed E-state index contributed by atoms with van der Waals surface area (Å²) in [5.74, 6) is 1.10. The van der Waals surface area contributed by atoms with Gasteiger partial charge >= 0.3 is 0 Å².